The second kappa shape index (κ2) is 7.45. The van der Waals surface area contributed by atoms with Crippen LogP contribution in [0.3, 0.4) is 0 Å². The molecule has 0 saturated carbocycles. The third-order valence-electron chi connectivity index (χ3n) is 5.42. The van der Waals surface area contributed by atoms with Crippen LogP contribution in [0.4, 0.5) is 4.79 Å². The number of hydrogen-bond acceptors (Lipinski definition) is 6. The van der Waals surface area contributed by atoms with E-state index in [-0.39, 0.29) is 22.3 Å². The smallest absolute Gasteiger partial charge is 0.410 e. The molecule has 2 aliphatic rings. The molecule has 1 aliphatic heterocycles. The van der Waals surface area contributed by atoms with Gasteiger partial charge in [-0.1, -0.05) is 0 Å². The summed E-state index contributed by atoms with van der Waals surface area (Å²) in [6, 6.07) is 0.0227. The second-order valence-electron chi connectivity index (χ2n) is 9.98. The normalized spacial score (nSPS) is 23.0. The molecule has 0 radical (unpaired) electrons. The number of hydrogen-bond donors (Lipinski definition) is 1. The van der Waals surface area contributed by atoms with Gasteiger partial charge in [-0.3, -0.25) is 0 Å². The lowest BCUT2D eigenvalue weighted by Gasteiger charge is -2.43. The zero-order valence-electron chi connectivity index (χ0n) is 18.0. The van der Waals surface area contributed by atoms with Gasteiger partial charge in [0.15, 0.2) is 0 Å². The number of nitrogens with one attached hydrogen (secondary N) is 1. The van der Waals surface area contributed by atoms with Crippen LogP contribution in [-0.2, 0) is 22.5 Å². The molecule has 1 fully saturated rings. The summed E-state index contributed by atoms with van der Waals surface area (Å²) in [5, 5.41) is 1.05. The van der Waals surface area contributed by atoms with Crippen molar-refractivity contribution in [2.45, 2.75) is 84.1 Å². The molecule has 1 saturated heterocycles. The molecule has 1 amide bonds. The van der Waals surface area contributed by atoms with E-state index >= 15 is 0 Å². The van der Waals surface area contributed by atoms with Crippen LogP contribution in [0.25, 0.3) is 0 Å². The predicted octanol–water partition coefficient (Wildman–Crippen LogP) is 4.12. The van der Waals surface area contributed by atoms with Gasteiger partial charge in [0.2, 0.25) is 0 Å². The van der Waals surface area contributed by atoms with Crippen molar-refractivity contribution in [3.8, 4) is 0 Å². The summed E-state index contributed by atoms with van der Waals surface area (Å²) in [6.45, 7) is 15.0. The van der Waals surface area contributed by atoms with E-state index in [1.807, 2.05) is 48.5 Å². The van der Waals surface area contributed by atoms with Crippen LogP contribution >= 0.6 is 11.3 Å². The number of carbonyl (C=O) groups is 1. The van der Waals surface area contributed by atoms with Gasteiger partial charge in [0.1, 0.15) is 10.3 Å². The van der Waals surface area contributed by atoms with Gasteiger partial charge in [0, 0.05) is 34.7 Å². The number of carbonyl (C=O) groups excluding carboxylic acids is 1. The van der Waals surface area contributed by atoms with Crippen molar-refractivity contribution in [3.05, 3.63) is 15.6 Å². The molecular formula is C20H33N3O3S2. The van der Waals surface area contributed by atoms with E-state index in [4.69, 9.17) is 9.72 Å². The van der Waals surface area contributed by atoms with Crippen LogP contribution in [0.1, 0.15) is 76.0 Å². The van der Waals surface area contributed by atoms with Crippen molar-refractivity contribution in [2.24, 2.45) is 5.41 Å². The number of piperidine rings is 1. The highest BCUT2D eigenvalue weighted by molar-refractivity contribution is 7.90. The molecule has 0 bridgehead atoms. The quantitative estimate of drug-likeness (QED) is 0.719. The summed E-state index contributed by atoms with van der Waals surface area (Å²) in [5.41, 5.74) is 0.608. The minimum Gasteiger partial charge on any atom is -0.598 e. The highest BCUT2D eigenvalue weighted by Gasteiger charge is 2.52. The van der Waals surface area contributed by atoms with Gasteiger partial charge in [0.25, 0.3) is 0 Å². The number of ether oxygens (including phenoxy) is 1. The average molecular weight is 428 g/mol. The largest absolute Gasteiger partial charge is 0.598 e. The summed E-state index contributed by atoms with van der Waals surface area (Å²) < 4.78 is 21.5. The maximum Gasteiger partial charge on any atom is 0.410 e. The van der Waals surface area contributed by atoms with Crippen molar-refractivity contribution in [1.29, 1.82) is 0 Å². The Morgan fingerprint density at radius 2 is 1.89 bits per heavy atom. The number of likely N-dealkylation sites (tertiary alicyclic amines) is 1. The maximum atomic E-state index is 12.9. The van der Waals surface area contributed by atoms with E-state index in [1.165, 1.54) is 4.88 Å². The Bertz CT molecular complexity index is 728. The number of nitrogens with zero attached hydrogens (tertiary/aromatic N) is 2. The molecule has 2 atom stereocenters. The molecule has 0 aromatic carbocycles. The Morgan fingerprint density at radius 3 is 2.43 bits per heavy atom. The van der Waals surface area contributed by atoms with E-state index in [2.05, 4.69) is 4.72 Å². The molecule has 1 aromatic rings. The number of fused-ring (bicyclic) bond motifs is 1. The van der Waals surface area contributed by atoms with Crippen LogP contribution < -0.4 is 4.72 Å². The molecule has 28 heavy (non-hydrogen) atoms. The van der Waals surface area contributed by atoms with Crippen molar-refractivity contribution in [1.82, 2.24) is 14.6 Å². The fourth-order valence-corrected chi connectivity index (χ4v) is 6.09. The lowest BCUT2D eigenvalue weighted by atomic mass is 9.74. The summed E-state index contributed by atoms with van der Waals surface area (Å²) in [7, 11) is 0. The molecule has 1 aromatic heterocycles. The zero-order valence-corrected chi connectivity index (χ0v) is 19.7. The van der Waals surface area contributed by atoms with Crippen LogP contribution in [0.5, 0.6) is 0 Å². The highest BCUT2D eigenvalue weighted by Crippen LogP contribution is 2.54. The first-order chi connectivity index (χ1) is 12.8. The van der Waals surface area contributed by atoms with Crippen LogP contribution in [0, 0.1) is 12.3 Å². The fraction of sp³-hybridized carbons (Fsp3) is 0.800. The van der Waals surface area contributed by atoms with E-state index < -0.39 is 17.0 Å². The maximum absolute atomic E-state index is 12.9. The topological polar surface area (TPSA) is 77.5 Å². The molecule has 3 rings (SSSR count). The molecule has 2 heterocycles. The van der Waals surface area contributed by atoms with Crippen molar-refractivity contribution >= 4 is 28.8 Å². The van der Waals surface area contributed by atoms with Gasteiger partial charge in [-0.25, -0.2) is 9.78 Å². The van der Waals surface area contributed by atoms with Gasteiger partial charge in [-0.15, -0.1) is 16.1 Å². The van der Waals surface area contributed by atoms with Gasteiger partial charge in [-0.2, -0.15) is 0 Å². The van der Waals surface area contributed by atoms with Crippen molar-refractivity contribution < 1.29 is 14.1 Å². The SMILES string of the molecule is Cc1nc2c(s1)[C@@H](N[S@+]([O-])C(C)(C)C)C1(CCN(C(=O)OC(C)(C)C)CC1)C2. The molecule has 1 spiro atoms. The lowest BCUT2D eigenvalue weighted by molar-refractivity contribution is 0.00718. The molecule has 1 aliphatic carbocycles. The van der Waals surface area contributed by atoms with Crippen LogP contribution in [-0.4, -0.2) is 44.0 Å². The predicted molar refractivity (Wildman–Crippen MR) is 114 cm³/mol. The first-order valence-corrected chi connectivity index (χ1v) is 11.9. The van der Waals surface area contributed by atoms with E-state index in [0.29, 0.717) is 13.1 Å². The third kappa shape index (κ3) is 4.50. The van der Waals surface area contributed by atoms with Gasteiger partial charge < -0.3 is 14.2 Å². The second-order valence-corrected chi connectivity index (χ2v) is 13.2. The van der Waals surface area contributed by atoms with E-state index in [1.54, 1.807) is 16.2 Å². The van der Waals surface area contributed by atoms with Crippen LogP contribution in [0.2, 0.25) is 0 Å². The van der Waals surface area contributed by atoms with E-state index in [0.717, 1.165) is 30.0 Å². The molecule has 1 N–H and O–H groups in total. The lowest BCUT2D eigenvalue weighted by Crippen LogP contribution is -2.51. The number of rotatable bonds is 2. The summed E-state index contributed by atoms with van der Waals surface area (Å²) in [4.78, 5) is 20.2. The average Bonchev–Trinajstić information content (AvgIpc) is 3.00. The van der Waals surface area contributed by atoms with Crippen molar-refractivity contribution in [2.75, 3.05) is 13.1 Å². The number of aryl methyl sites for hydroxylation is 1. The van der Waals surface area contributed by atoms with Gasteiger partial charge in [-0.05, 0) is 67.7 Å². The summed E-state index contributed by atoms with van der Waals surface area (Å²) in [6.07, 6.45) is 2.35. The minimum absolute atomic E-state index is 0.0227. The molecule has 0 unspecified atom stereocenters. The zero-order chi connectivity index (χ0) is 20.9. The monoisotopic (exact) mass is 427 g/mol. The molecule has 158 valence electrons. The molecule has 6 nitrogen and oxygen atoms in total. The fourth-order valence-electron chi connectivity index (χ4n) is 3.94. The summed E-state index contributed by atoms with van der Waals surface area (Å²) >= 11 is 0.547. The molecular weight excluding hydrogens is 394 g/mol. The first kappa shape index (κ1) is 21.9. The van der Waals surface area contributed by atoms with Crippen LogP contribution in [0.15, 0.2) is 0 Å². The highest BCUT2D eigenvalue weighted by atomic mass is 32.2. The Morgan fingerprint density at radius 1 is 1.29 bits per heavy atom. The third-order valence-corrected chi connectivity index (χ3v) is 8.06. The Hall–Kier alpha value is -0.830. The number of thiazole rings is 1. The van der Waals surface area contributed by atoms with Crippen molar-refractivity contribution in [3.63, 3.8) is 0 Å². The minimum atomic E-state index is -1.16. The standard InChI is InChI=1S/C20H33N3O3S2/c1-13-21-14-12-20(16(15(14)27-13)22-28(25)19(5,6)7)8-10-23(11-9-20)17(24)26-18(2,3)4/h16,22H,8-12H2,1-7H3/t16-,28-/m1/s1. The van der Waals surface area contributed by atoms with Gasteiger partial charge >= 0.3 is 6.09 Å². The first-order valence-electron chi connectivity index (χ1n) is 9.93. The summed E-state index contributed by atoms with van der Waals surface area (Å²) in [5.74, 6) is 0. The Labute approximate surface area is 175 Å². The Kier molecular flexibility index (Phi) is 5.82. The Balaban J connectivity index is 1.77. The van der Waals surface area contributed by atoms with Gasteiger partial charge in [0.05, 0.1) is 16.7 Å². The molecule has 8 heteroatoms. The van der Waals surface area contributed by atoms with E-state index in [9.17, 15) is 9.35 Å². The number of amides is 1. The number of aromatic nitrogens is 1.